The number of hydrogen-bond acceptors (Lipinski definition) is 3. The smallest absolute Gasteiger partial charge is 0.141 e. The number of phenols is 1. The number of hydrogen-bond donors (Lipinski definition) is 2. The number of aliphatic hydroxyl groups is 1. The maximum absolute atomic E-state index is 12.3. The van der Waals surface area contributed by atoms with Gasteiger partial charge in [0.2, 0.25) is 0 Å². The van der Waals surface area contributed by atoms with Crippen LogP contribution in [0.25, 0.3) is 0 Å². The van der Waals surface area contributed by atoms with Crippen LogP contribution in [0.2, 0.25) is 0 Å². The highest BCUT2D eigenvalue weighted by Gasteiger charge is 2.64. The van der Waals surface area contributed by atoms with Crippen molar-refractivity contribution in [1.29, 1.82) is 0 Å². The minimum Gasteiger partial charge on any atom is -0.508 e. The van der Waals surface area contributed by atoms with Crippen molar-refractivity contribution in [2.24, 2.45) is 11.3 Å². The van der Waals surface area contributed by atoms with Crippen LogP contribution in [-0.4, -0.2) is 21.6 Å². The lowest BCUT2D eigenvalue weighted by atomic mass is 9.53. The predicted octanol–water partition coefficient (Wildman–Crippen LogP) is 2.93. The summed E-state index contributed by atoms with van der Waals surface area (Å²) in [6.45, 7) is 1.98. The van der Waals surface area contributed by atoms with Gasteiger partial charge in [0, 0.05) is 6.42 Å². The Hall–Kier alpha value is -1.35. The first-order valence-electron chi connectivity index (χ1n) is 8.03. The Kier molecular flexibility index (Phi) is 2.60. The molecule has 0 spiro atoms. The van der Waals surface area contributed by atoms with Crippen LogP contribution in [0, 0.1) is 11.3 Å². The highest BCUT2D eigenvalue weighted by molar-refractivity contribution is 5.88. The minimum absolute atomic E-state index is 0.180. The van der Waals surface area contributed by atoms with Crippen LogP contribution in [0.1, 0.15) is 56.1 Å². The van der Waals surface area contributed by atoms with Gasteiger partial charge in [-0.1, -0.05) is 6.07 Å². The van der Waals surface area contributed by atoms with Crippen LogP contribution < -0.4 is 0 Å². The van der Waals surface area contributed by atoms with Gasteiger partial charge >= 0.3 is 0 Å². The van der Waals surface area contributed by atoms with E-state index >= 15 is 0 Å². The number of carbonyl (C=O) groups is 1. The molecule has 4 rings (SSSR count). The number of ketones is 1. The van der Waals surface area contributed by atoms with Crippen molar-refractivity contribution in [1.82, 2.24) is 0 Å². The normalized spacial score (nSPS) is 41.3. The molecule has 0 bridgehead atoms. The zero-order valence-electron chi connectivity index (χ0n) is 12.4. The van der Waals surface area contributed by atoms with Crippen LogP contribution in [0.4, 0.5) is 0 Å². The molecule has 0 amide bonds. The number of phenolic OH excluding ortho intramolecular Hbond substituents is 1. The average molecular weight is 286 g/mol. The summed E-state index contributed by atoms with van der Waals surface area (Å²) in [5, 5.41) is 21.0. The molecule has 2 fully saturated rings. The van der Waals surface area contributed by atoms with Crippen LogP contribution in [0.5, 0.6) is 5.75 Å². The number of rotatable bonds is 0. The van der Waals surface area contributed by atoms with Crippen molar-refractivity contribution in [3.05, 3.63) is 29.3 Å². The summed E-state index contributed by atoms with van der Waals surface area (Å²) in [5.74, 6) is 1.08. The first-order valence-corrected chi connectivity index (χ1v) is 8.03. The summed E-state index contributed by atoms with van der Waals surface area (Å²) < 4.78 is 0. The number of Topliss-reactive ketones (excluding diaryl/α,β-unsaturated/α-hetero) is 1. The van der Waals surface area contributed by atoms with E-state index in [1.165, 1.54) is 11.1 Å². The predicted molar refractivity (Wildman–Crippen MR) is 79.2 cm³/mol. The maximum Gasteiger partial charge on any atom is 0.141 e. The molecule has 1 aromatic carbocycles. The van der Waals surface area contributed by atoms with Gasteiger partial charge in [0.25, 0.3) is 0 Å². The standard InChI is InChI=1S/C18H22O3/c1-17-8-6-14-13-4-3-12(19)10-11(13)2-5-15(14)18(17,21)9-7-16(17)20/h3-4,10,14-15,19,21H,2,5-9H2,1H3/t14-,15-,17-,18?/m1/s1. The van der Waals surface area contributed by atoms with Crippen molar-refractivity contribution in [2.75, 3.05) is 0 Å². The number of aromatic hydroxyl groups is 1. The third kappa shape index (κ3) is 1.56. The Labute approximate surface area is 125 Å². The minimum atomic E-state index is -0.831. The fourth-order valence-corrected chi connectivity index (χ4v) is 5.32. The van der Waals surface area contributed by atoms with Gasteiger partial charge in [0.15, 0.2) is 0 Å². The van der Waals surface area contributed by atoms with Crippen molar-refractivity contribution < 1.29 is 15.0 Å². The van der Waals surface area contributed by atoms with E-state index in [1.807, 2.05) is 19.1 Å². The van der Waals surface area contributed by atoms with Gasteiger partial charge in [-0.2, -0.15) is 0 Å². The van der Waals surface area contributed by atoms with Gasteiger partial charge in [-0.05, 0) is 74.1 Å². The molecule has 2 N–H and O–H groups in total. The molecule has 0 radical (unpaired) electrons. The van der Waals surface area contributed by atoms with Crippen molar-refractivity contribution in [3.8, 4) is 5.75 Å². The zero-order chi connectivity index (χ0) is 14.8. The van der Waals surface area contributed by atoms with Gasteiger partial charge in [0.05, 0.1) is 11.0 Å². The fourth-order valence-electron chi connectivity index (χ4n) is 5.32. The molecule has 3 nitrogen and oxygen atoms in total. The van der Waals surface area contributed by atoms with E-state index in [4.69, 9.17) is 0 Å². The largest absolute Gasteiger partial charge is 0.508 e. The second kappa shape index (κ2) is 4.10. The first-order chi connectivity index (χ1) is 9.96. The lowest BCUT2D eigenvalue weighted by molar-refractivity contribution is -0.157. The average Bonchev–Trinajstić information content (AvgIpc) is 2.71. The highest BCUT2D eigenvalue weighted by Crippen LogP contribution is 2.61. The Balaban J connectivity index is 1.78. The van der Waals surface area contributed by atoms with Crippen molar-refractivity contribution in [3.63, 3.8) is 0 Å². The molecule has 1 unspecified atom stereocenters. The van der Waals surface area contributed by atoms with Gasteiger partial charge in [0.1, 0.15) is 11.5 Å². The zero-order valence-corrected chi connectivity index (χ0v) is 12.4. The van der Waals surface area contributed by atoms with Crippen LogP contribution in [0.15, 0.2) is 18.2 Å². The Bertz CT molecular complexity index is 623. The second-order valence-corrected chi connectivity index (χ2v) is 7.35. The Morgan fingerprint density at radius 1 is 1.19 bits per heavy atom. The van der Waals surface area contributed by atoms with Crippen molar-refractivity contribution in [2.45, 2.75) is 57.0 Å². The summed E-state index contributed by atoms with van der Waals surface area (Å²) in [7, 11) is 0. The molecule has 0 aromatic heterocycles. The lowest BCUT2D eigenvalue weighted by Gasteiger charge is -2.53. The molecule has 3 aliphatic carbocycles. The summed E-state index contributed by atoms with van der Waals surface area (Å²) >= 11 is 0. The SMILES string of the molecule is C[C@]12CC[C@@H]3c4ccc(O)cc4CC[C@H]3C1(O)CCC2=O. The van der Waals surface area contributed by atoms with Crippen LogP contribution >= 0.6 is 0 Å². The summed E-state index contributed by atoms with van der Waals surface area (Å²) in [6, 6.07) is 5.63. The molecule has 0 aliphatic heterocycles. The van der Waals surface area contributed by atoms with E-state index in [1.54, 1.807) is 6.07 Å². The Morgan fingerprint density at radius 3 is 2.81 bits per heavy atom. The molecule has 0 saturated heterocycles. The quantitative estimate of drug-likeness (QED) is 0.771. The van der Waals surface area contributed by atoms with Crippen molar-refractivity contribution >= 4 is 5.78 Å². The fraction of sp³-hybridized carbons (Fsp3) is 0.611. The Morgan fingerprint density at radius 2 is 2.00 bits per heavy atom. The molecule has 1 aromatic rings. The van der Waals surface area contributed by atoms with E-state index in [-0.39, 0.29) is 11.7 Å². The lowest BCUT2D eigenvalue weighted by Crippen LogP contribution is -2.56. The summed E-state index contributed by atoms with van der Waals surface area (Å²) in [5.41, 5.74) is 1.12. The number of benzene rings is 1. The number of fused-ring (bicyclic) bond motifs is 5. The molecular formula is C18H22O3. The monoisotopic (exact) mass is 286 g/mol. The topological polar surface area (TPSA) is 57.5 Å². The van der Waals surface area contributed by atoms with E-state index < -0.39 is 11.0 Å². The van der Waals surface area contributed by atoms with Gasteiger partial charge in [-0.3, -0.25) is 4.79 Å². The van der Waals surface area contributed by atoms with Crippen LogP contribution in [-0.2, 0) is 11.2 Å². The third-order valence-electron chi connectivity index (χ3n) is 6.61. The van der Waals surface area contributed by atoms with Gasteiger partial charge < -0.3 is 10.2 Å². The molecule has 2 saturated carbocycles. The van der Waals surface area contributed by atoms with Gasteiger partial charge in [-0.25, -0.2) is 0 Å². The van der Waals surface area contributed by atoms with E-state index in [0.717, 1.165) is 25.7 Å². The molecule has 112 valence electrons. The number of aryl methyl sites for hydroxylation is 1. The summed E-state index contributed by atoms with van der Waals surface area (Å²) in [6.07, 6.45) is 4.70. The molecular weight excluding hydrogens is 264 g/mol. The second-order valence-electron chi connectivity index (χ2n) is 7.35. The third-order valence-corrected chi connectivity index (χ3v) is 6.61. The first kappa shape index (κ1) is 13.3. The maximum atomic E-state index is 12.3. The molecule has 3 aliphatic rings. The molecule has 4 atom stereocenters. The molecule has 3 heteroatoms. The van der Waals surface area contributed by atoms with E-state index in [2.05, 4.69) is 0 Å². The van der Waals surface area contributed by atoms with E-state index in [0.29, 0.717) is 24.5 Å². The molecule has 0 heterocycles. The van der Waals surface area contributed by atoms with Crippen LogP contribution in [0.3, 0.4) is 0 Å². The summed E-state index contributed by atoms with van der Waals surface area (Å²) in [4.78, 5) is 12.3. The van der Waals surface area contributed by atoms with Gasteiger partial charge in [-0.15, -0.1) is 0 Å². The number of carbonyl (C=O) groups excluding carboxylic acids is 1. The molecule has 21 heavy (non-hydrogen) atoms. The highest BCUT2D eigenvalue weighted by atomic mass is 16.3. The van der Waals surface area contributed by atoms with E-state index in [9.17, 15) is 15.0 Å².